The van der Waals surface area contributed by atoms with Gasteiger partial charge in [0.15, 0.2) is 0 Å². The number of hydrogen-bond acceptors (Lipinski definition) is 2. The fourth-order valence-electron chi connectivity index (χ4n) is 3.37. The Bertz CT molecular complexity index is 197. The van der Waals surface area contributed by atoms with Crippen LogP contribution in [0, 0.1) is 5.92 Å². The molecule has 15 heavy (non-hydrogen) atoms. The molecule has 2 aliphatic rings. The molecule has 2 rings (SSSR count). The summed E-state index contributed by atoms with van der Waals surface area (Å²) in [7, 11) is 0. The van der Waals surface area contributed by atoms with E-state index < -0.39 is 0 Å². The fourth-order valence-corrected chi connectivity index (χ4v) is 3.37. The molecule has 2 fully saturated rings. The maximum atomic E-state index is 9.53. The molecular formula is C13H25NO. The van der Waals surface area contributed by atoms with Crippen LogP contribution in [-0.4, -0.2) is 34.7 Å². The lowest BCUT2D eigenvalue weighted by atomic mass is 9.90. The highest BCUT2D eigenvalue weighted by Gasteiger charge is 2.34. The molecule has 1 heterocycles. The maximum Gasteiger partial charge on any atom is 0.0541 e. The van der Waals surface area contributed by atoms with E-state index in [0.717, 1.165) is 30.8 Å². The number of aliphatic hydroxyl groups excluding tert-OH is 1. The summed E-state index contributed by atoms with van der Waals surface area (Å²) in [6.07, 6.45) is 7.21. The van der Waals surface area contributed by atoms with Crippen molar-refractivity contribution < 1.29 is 5.11 Å². The van der Waals surface area contributed by atoms with Crippen LogP contribution in [0.2, 0.25) is 0 Å². The molecule has 2 nitrogen and oxygen atoms in total. The molecule has 0 aromatic rings. The highest BCUT2D eigenvalue weighted by Crippen LogP contribution is 2.32. The highest BCUT2D eigenvalue weighted by molar-refractivity contribution is 4.89. The number of nitrogens with zero attached hydrogens (tertiary/aromatic N) is 1. The van der Waals surface area contributed by atoms with Gasteiger partial charge in [-0.2, -0.15) is 0 Å². The van der Waals surface area contributed by atoms with Crippen LogP contribution in [0.5, 0.6) is 0 Å². The minimum Gasteiger partial charge on any atom is -0.393 e. The van der Waals surface area contributed by atoms with Crippen LogP contribution < -0.4 is 0 Å². The minimum atomic E-state index is -0.0126. The molecule has 2 heteroatoms. The van der Waals surface area contributed by atoms with Crippen molar-refractivity contribution in [3.63, 3.8) is 0 Å². The Morgan fingerprint density at radius 2 is 1.73 bits per heavy atom. The van der Waals surface area contributed by atoms with E-state index >= 15 is 0 Å². The van der Waals surface area contributed by atoms with Crippen LogP contribution in [0.3, 0.4) is 0 Å². The van der Waals surface area contributed by atoms with Crippen molar-refractivity contribution in [2.24, 2.45) is 5.92 Å². The number of rotatable bonds is 2. The predicted molar refractivity (Wildman–Crippen MR) is 62.8 cm³/mol. The van der Waals surface area contributed by atoms with E-state index in [1.54, 1.807) is 0 Å². The molecule has 1 atom stereocenters. The molecule has 1 saturated carbocycles. The predicted octanol–water partition coefficient (Wildman–Crippen LogP) is 2.41. The van der Waals surface area contributed by atoms with Gasteiger partial charge in [-0.3, -0.25) is 4.90 Å². The molecule has 0 spiro atoms. The monoisotopic (exact) mass is 211 g/mol. The Labute approximate surface area is 93.7 Å². The van der Waals surface area contributed by atoms with Gasteiger partial charge in [0.05, 0.1) is 6.10 Å². The van der Waals surface area contributed by atoms with E-state index in [-0.39, 0.29) is 6.10 Å². The summed E-state index contributed by atoms with van der Waals surface area (Å²) in [5.41, 5.74) is 0. The Kier molecular flexibility index (Phi) is 3.68. The van der Waals surface area contributed by atoms with Gasteiger partial charge in [0.1, 0.15) is 0 Å². The third-order valence-corrected chi connectivity index (χ3v) is 4.25. The van der Waals surface area contributed by atoms with Crippen molar-refractivity contribution in [1.29, 1.82) is 0 Å². The van der Waals surface area contributed by atoms with Crippen molar-refractivity contribution in [3.05, 3.63) is 0 Å². The third-order valence-electron chi connectivity index (χ3n) is 4.25. The van der Waals surface area contributed by atoms with E-state index in [2.05, 4.69) is 18.7 Å². The molecule has 88 valence electrons. The SMILES string of the molecule is CC(C)C1CCCN1C1CCC(O)CC1. The summed E-state index contributed by atoms with van der Waals surface area (Å²) in [4.78, 5) is 2.73. The van der Waals surface area contributed by atoms with Crippen molar-refractivity contribution in [2.75, 3.05) is 6.54 Å². The van der Waals surface area contributed by atoms with Crippen molar-refractivity contribution in [3.8, 4) is 0 Å². The Balaban J connectivity index is 1.92. The summed E-state index contributed by atoms with van der Waals surface area (Å²) in [6, 6.07) is 1.58. The largest absolute Gasteiger partial charge is 0.393 e. The van der Waals surface area contributed by atoms with Crippen LogP contribution in [0.1, 0.15) is 52.4 Å². The Morgan fingerprint density at radius 1 is 1.07 bits per heavy atom. The first-order valence-corrected chi connectivity index (χ1v) is 6.62. The number of likely N-dealkylation sites (tertiary alicyclic amines) is 1. The van der Waals surface area contributed by atoms with Gasteiger partial charge in [-0.25, -0.2) is 0 Å². The summed E-state index contributed by atoms with van der Waals surface area (Å²) < 4.78 is 0. The van der Waals surface area contributed by atoms with Gasteiger partial charge in [-0.05, 0) is 51.0 Å². The lowest BCUT2D eigenvalue weighted by Gasteiger charge is -2.38. The molecule has 0 bridgehead atoms. The van der Waals surface area contributed by atoms with Crippen LogP contribution >= 0.6 is 0 Å². The van der Waals surface area contributed by atoms with Gasteiger partial charge >= 0.3 is 0 Å². The minimum absolute atomic E-state index is 0.0126. The molecule has 0 aromatic carbocycles. The lowest BCUT2D eigenvalue weighted by molar-refractivity contribution is 0.0587. The molecule has 1 saturated heterocycles. The van der Waals surface area contributed by atoms with Crippen molar-refractivity contribution in [1.82, 2.24) is 4.90 Å². The normalized spacial score (nSPS) is 38.8. The summed E-state index contributed by atoms with van der Waals surface area (Å²) in [5.74, 6) is 0.791. The van der Waals surface area contributed by atoms with E-state index in [1.807, 2.05) is 0 Å². The van der Waals surface area contributed by atoms with Gasteiger partial charge in [-0.15, -0.1) is 0 Å². The second-order valence-corrected chi connectivity index (χ2v) is 5.65. The topological polar surface area (TPSA) is 23.5 Å². The molecule has 1 N–H and O–H groups in total. The molecule has 0 amide bonds. The molecular weight excluding hydrogens is 186 g/mol. The smallest absolute Gasteiger partial charge is 0.0541 e. The second-order valence-electron chi connectivity index (χ2n) is 5.65. The standard InChI is InChI=1S/C13H25NO/c1-10(2)13-4-3-9-14(13)11-5-7-12(15)8-6-11/h10-13,15H,3-9H2,1-2H3. The number of aliphatic hydroxyl groups is 1. The summed E-state index contributed by atoms with van der Waals surface area (Å²) in [6.45, 7) is 5.99. The molecule has 1 unspecified atom stereocenters. The summed E-state index contributed by atoms with van der Waals surface area (Å²) >= 11 is 0. The Morgan fingerprint density at radius 3 is 2.33 bits per heavy atom. The first-order chi connectivity index (χ1) is 7.18. The first-order valence-electron chi connectivity index (χ1n) is 6.62. The second kappa shape index (κ2) is 4.84. The van der Waals surface area contributed by atoms with Crippen molar-refractivity contribution >= 4 is 0 Å². The Hall–Kier alpha value is -0.0800. The van der Waals surface area contributed by atoms with Gasteiger partial charge in [-0.1, -0.05) is 13.8 Å². The fraction of sp³-hybridized carbons (Fsp3) is 1.00. The van der Waals surface area contributed by atoms with E-state index in [9.17, 15) is 5.11 Å². The van der Waals surface area contributed by atoms with Crippen LogP contribution in [0.25, 0.3) is 0 Å². The lowest BCUT2D eigenvalue weighted by Crippen LogP contribution is -2.43. The average Bonchev–Trinajstić information content (AvgIpc) is 2.67. The molecule has 0 radical (unpaired) electrons. The zero-order valence-electron chi connectivity index (χ0n) is 10.2. The molecule has 1 aliphatic carbocycles. The van der Waals surface area contributed by atoms with Crippen LogP contribution in [0.15, 0.2) is 0 Å². The quantitative estimate of drug-likeness (QED) is 0.758. The third kappa shape index (κ3) is 2.54. The van der Waals surface area contributed by atoms with E-state index in [4.69, 9.17) is 0 Å². The van der Waals surface area contributed by atoms with Gasteiger partial charge in [0.2, 0.25) is 0 Å². The van der Waals surface area contributed by atoms with Crippen LogP contribution in [0.4, 0.5) is 0 Å². The zero-order valence-corrected chi connectivity index (χ0v) is 10.2. The molecule has 0 aromatic heterocycles. The first kappa shape index (κ1) is 11.4. The summed E-state index contributed by atoms with van der Waals surface area (Å²) in [5, 5.41) is 9.53. The highest BCUT2D eigenvalue weighted by atomic mass is 16.3. The van der Waals surface area contributed by atoms with Gasteiger partial charge in [0, 0.05) is 12.1 Å². The van der Waals surface area contributed by atoms with E-state index in [1.165, 1.54) is 32.2 Å². The van der Waals surface area contributed by atoms with E-state index in [0.29, 0.717) is 0 Å². The van der Waals surface area contributed by atoms with Crippen molar-refractivity contribution in [2.45, 2.75) is 70.6 Å². The number of hydrogen-bond donors (Lipinski definition) is 1. The zero-order chi connectivity index (χ0) is 10.8. The molecule has 1 aliphatic heterocycles. The maximum absolute atomic E-state index is 9.53. The van der Waals surface area contributed by atoms with Crippen LogP contribution in [-0.2, 0) is 0 Å². The van der Waals surface area contributed by atoms with Gasteiger partial charge in [0.25, 0.3) is 0 Å². The average molecular weight is 211 g/mol. The van der Waals surface area contributed by atoms with Gasteiger partial charge < -0.3 is 5.11 Å².